The second-order valence-electron chi connectivity index (χ2n) is 9.23. The van der Waals surface area contributed by atoms with E-state index in [1.54, 1.807) is 0 Å². The van der Waals surface area contributed by atoms with Crippen molar-refractivity contribution in [2.45, 2.75) is 66.1 Å². The van der Waals surface area contributed by atoms with Crippen LogP contribution in [0.2, 0.25) is 5.02 Å². The summed E-state index contributed by atoms with van der Waals surface area (Å²) in [7, 11) is 0. The normalized spacial score (nSPS) is 20.3. The third-order valence-electron chi connectivity index (χ3n) is 7.06. The summed E-state index contributed by atoms with van der Waals surface area (Å²) in [5.41, 5.74) is 4.38. The van der Waals surface area contributed by atoms with Gasteiger partial charge in [0.2, 0.25) is 0 Å². The van der Waals surface area contributed by atoms with E-state index in [0.29, 0.717) is 12.1 Å². The molecule has 4 rings (SSSR count). The number of piperazine rings is 1. The van der Waals surface area contributed by atoms with Gasteiger partial charge in [0.25, 0.3) is 5.91 Å². The molecule has 5 heteroatoms. The Morgan fingerprint density at radius 2 is 1.55 bits per heavy atom. The summed E-state index contributed by atoms with van der Waals surface area (Å²) in [4.78, 5) is 20.4. The first kappa shape index (κ1) is 25.7. The number of halogens is 1. The van der Waals surface area contributed by atoms with E-state index in [1.165, 1.54) is 5.56 Å². The zero-order valence-corrected chi connectivity index (χ0v) is 21.7. The number of nitrogens with zero attached hydrogens (tertiary/aromatic N) is 3. The van der Waals surface area contributed by atoms with Crippen LogP contribution in [0.1, 0.15) is 60.7 Å². The molecule has 2 aliphatic heterocycles. The van der Waals surface area contributed by atoms with E-state index >= 15 is 0 Å². The van der Waals surface area contributed by atoms with Gasteiger partial charge in [-0.2, -0.15) is 0 Å². The molecule has 0 spiro atoms. The van der Waals surface area contributed by atoms with Crippen LogP contribution >= 0.6 is 11.6 Å². The Kier molecular flexibility index (Phi) is 9.37. The van der Waals surface area contributed by atoms with Gasteiger partial charge < -0.3 is 4.90 Å². The number of aryl methyl sites for hydroxylation is 2. The molecule has 33 heavy (non-hydrogen) atoms. The van der Waals surface area contributed by atoms with Crippen LogP contribution in [0.4, 0.5) is 0 Å². The Hall–Kier alpha value is -1.88. The van der Waals surface area contributed by atoms with Crippen LogP contribution in [0.3, 0.4) is 0 Å². The highest BCUT2D eigenvalue weighted by molar-refractivity contribution is 6.30. The molecule has 2 aromatic rings. The monoisotopic (exact) mass is 469 g/mol. The van der Waals surface area contributed by atoms with E-state index in [-0.39, 0.29) is 5.91 Å². The quantitative estimate of drug-likeness (QED) is 0.566. The van der Waals surface area contributed by atoms with Gasteiger partial charge in [-0.15, -0.1) is 0 Å². The molecule has 180 valence electrons. The lowest BCUT2D eigenvalue weighted by molar-refractivity contribution is 0.0259. The molecule has 0 N–H and O–H groups in total. The SMILES string of the molecule is CC.Cc1cccc(C)c1C(=O)N1CCC(N2CCN(Cc3ccc(Cl)cc3)C(C)C2)CC1. The number of amides is 1. The fraction of sp³-hybridized carbons (Fsp3) is 0.536. The van der Waals surface area contributed by atoms with Crippen molar-refractivity contribution in [2.75, 3.05) is 32.7 Å². The molecule has 2 heterocycles. The number of likely N-dealkylation sites (tertiary alicyclic amines) is 1. The largest absolute Gasteiger partial charge is 0.339 e. The van der Waals surface area contributed by atoms with Gasteiger partial charge in [-0.1, -0.05) is 55.8 Å². The molecule has 2 aliphatic rings. The highest BCUT2D eigenvalue weighted by Gasteiger charge is 2.32. The predicted molar refractivity (Wildman–Crippen MR) is 139 cm³/mol. The van der Waals surface area contributed by atoms with Crippen LogP contribution in [-0.4, -0.2) is 65.4 Å². The van der Waals surface area contributed by atoms with Gasteiger partial charge in [0.1, 0.15) is 0 Å². The topological polar surface area (TPSA) is 26.8 Å². The first-order valence-electron chi connectivity index (χ1n) is 12.5. The van der Waals surface area contributed by atoms with Crippen molar-refractivity contribution >= 4 is 17.5 Å². The third kappa shape index (κ3) is 6.38. The second kappa shape index (κ2) is 12.0. The van der Waals surface area contributed by atoms with Crippen molar-refractivity contribution in [2.24, 2.45) is 0 Å². The maximum atomic E-state index is 13.1. The van der Waals surface area contributed by atoms with Crippen molar-refractivity contribution in [3.8, 4) is 0 Å². The molecule has 4 nitrogen and oxygen atoms in total. The Morgan fingerprint density at radius 1 is 0.939 bits per heavy atom. The summed E-state index contributed by atoms with van der Waals surface area (Å²) < 4.78 is 0. The zero-order valence-electron chi connectivity index (χ0n) is 21.0. The molecule has 2 saturated heterocycles. The molecular formula is C28H40ClN3O. The van der Waals surface area contributed by atoms with Crippen molar-refractivity contribution in [1.82, 2.24) is 14.7 Å². The smallest absolute Gasteiger partial charge is 0.254 e. The summed E-state index contributed by atoms with van der Waals surface area (Å²) in [6.07, 6.45) is 2.14. The number of rotatable bonds is 4. The Labute approximate surface area is 205 Å². The lowest BCUT2D eigenvalue weighted by Gasteiger charge is -2.45. The van der Waals surface area contributed by atoms with Crippen LogP contribution < -0.4 is 0 Å². The van der Waals surface area contributed by atoms with Crippen LogP contribution in [-0.2, 0) is 6.54 Å². The molecule has 0 aliphatic carbocycles. The van der Waals surface area contributed by atoms with Crippen LogP contribution in [0.25, 0.3) is 0 Å². The van der Waals surface area contributed by atoms with E-state index in [2.05, 4.69) is 33.8 Å². The first-order chi connectivity index (χ1) is 15.9. The number of benzene rings is 2. The van der Waals surface area contributed by atoms with Gasteiger partial charge >= 0.3 is 0 Å². The standard InChI is InChI=1S/C26H34ClN3O.C2H6/c1-19-5-4-6-20(2)25(19)26(31)28-13-11-24(12-14-28)30-16-15-29(21(3)17-30)18-22-7-9-23(27)10-8-22;1-2/h4-10,21,24H,11-18H2,1-3H3;1-2H3. The molecule has 1 amide bonds. The number of hydrogen-bond acceptors (Lipinski definition) is 3. The van der Waals surface area contributed by atoms with Crippen molar-refractivity contribution in [3.05, 3.63) is 69.7 Å². The number of hydrogen-bond donors (Lipinski definition) is 0. The molecular weight excluding hydrogens is 430 g/mol. The number of carbonyl (C=O) groups excluding carboxylic acids is 1. The highest BCUT2D eigenvalue weighted by atomic mass is 35.5. The Bertz CT molecular complexity index is 886. The average Bonchev–Trinajstić information content (AvgIpc) is 2.83. The molecule has 0 aromatic heterocycles. The zero-order chi connectivity index (χ0) is 24.0. The van der Waals surface area contributed by atoms with Crippen LogP contribution in [0.15, 0.2) is 42.5 Å². The van der Waals surface area contributed by atoms with Gasteiger partial charge in [-0.25, -0.2) is 0 Å². The Morgan fingerprint density at radius 3 is 2.12 bits per heavy atom. The molecule has 1 atom stereocenters. The maximum absolute atomic E-state index is 13.1. The lowest BCUT2D eigenvalue weighted by atomic mass is 9.97. The average molecular weight is 470 g/mol. The van der Waals surface area contributed by atoms with E-state index < -0.39 is 0 Å². The second-order valence-corrected chi connectivity index (χ2v) is 9.67. The maximum Gasteiger partial charge on any atom is 0.254 e. The van der Waals surface area contributed by atoms with E-state index in [4.69, 9.17) is 11.6 Å². The lowest BCUT2D eigenvalue weighted by Crippen LogP contribution is -2.56. The van der Waals surface area contributed by atoms with E-state index in [9.17, 15) is 4.79 Å². The number of piperidine rings is 1. The fourth-order valence-electron chi connectivity index (χ4n) is 5.16. The summed E-state index contributed by atoms with van der Waals surface area (Å²) in [6.45, 7) is 16.4. The number of carbonyl (C=O) groups is 1. The van der Waals surface area contributed by atoms with Gasteiger partial charge in [0, 0.05) is 61.9 Å². The highest BCUT2D eigenvalue weighted by Crippen LogP contribution is 2.24. The van der Waals surface area contributed by atoms with Gasteiger partial charge in [0.15, 0.2) is 0 Å². The summed E-state index contributed by atoms with van der Waals surface area (Å²) in [5.74, 6) is 0.204. The van der Waals surface area contributed by atoms with Crippen molar-refractivity contribution in [1.29, 1.82) is 0 Å². The molecule has 2 fully saturated rings. The summed E-state index contributed by atoms with van der Waals surface area (Å²) in [5, 5.41) is 0.795. The molecule has 2 aromatic carbocycles. The molecule has 0 radical (unpaired) electrons. The van der Waals surface area contributed by atoms with Crippen molar-refractivity contribution < 1.29 is 4.79 Å². The minimum Gasteiger partial charge on any atom is -0.339 e. The van der Waals surface area contributed by atoms with E-state index in [1.807, 2.05) is 58.0 Å². The summed E-state index contributed by atoms with van der Waals surface area (Å²) >= 11 is 6.02. The van der Waals surface area contributed by atoms with Crippen LogP contribution in [0.5, 0.6) is 0 Å². The minimum absolute atomic E-state index is 0.204. The van der Waals surface area contributed by atoms with E-state index in [0.717, 1.165) is 73.8 Å². The first-order valence-corrected chi connectivity index (χ1v) is 12.9. The van der Waals surface area contributed by atoms with Crippen LogP contribution in [0, 0.1) is 13.8 Å². The third-order valence-corrected chi connectivity index (χ3v) is 7.31. The van der Waals surface area contributed by atoms with Gasteiger partial charge in [0.05, 0.1) is 0 Å². The minimum atomic E-state index is 0.204. The predicted octanol–water partition coefficient (Wildman–Crippen LogP) is 5.79. The molecule has 0 bridgehead atoms. The van der Waals surface area contributed by atoms with Gasteiger partial charge in [-0.3, -0.25) is 14.6 Å². The fourth-order valence-corrected chi connectivity index (χ4v) is 5.28. The Balaban J connectivity index is 0.00000149. The van der Waals surface area contributed by atoms with Gasteiger partial charge in [-0.05, 0) is 62.4 Å². The summed E-state index contributed by atoms with van der Waals surface area (Å²) in [6, 6.07) is 15.4. The molecule has 1 unspecified atom stereocenters. The molecule has 0 saturated carbocycles. The van der Waals surface area contributed by atoms with Crippen molar-refractivity contribution in [3.63, 3.8) is 0 Å².